The van der Waals surface area contributed by atoms with Gasteiger partial charge >= 0.3 is 0 Å². The molecular weight excluding hydrogens is 300 g/mol. The first-order valence-electron chi connectivity index (χ1n) is 7.27. The first-order chi connectivity index (χ1) is 10.6. The van der Waals surface area contributed by atoms with Gasteiger partial charge in [0, 0.05) is 17.5 Å². The summed E-state index contributed by atoms with van der Waals surface area (Å²) in [5.74, 6) is 2.47. The smallest absolute Gasteiger partial charge is 0.122 e. The molecule has 2 aromatic rings. The second kappa shape index (κ2) is 7.95. The Morgan fingerprint density at radius 3 is 2.41 bits per heavy atom. The Balaban J connectivity index is 1.77. The summed E-state index contributed by atoms with van der Waals surface area (Å²) in [5.41, 5.74) is 2.15. The lowest BCUT2D eigenvalue weighted by atomic mass is 10.1. The summed E-state index contributed by atoms with van der Waals surface area (Å²) in [6, 6.07) is 11.4. The molecule has 2 aromatic carbocycles. The topological polar surface area (TPSA) is 27.7 Å². The zero-order valence-electron chi connectivity index (χ0n) is 13.2. The van der Waals surface area contributed by atoms with Crippen molar-refractivity contribution >= 4 is 11.6 Å². The molecule has 0 aliphatic heterocycles. The van der Waals surface area contributed by atoms with Gasteiger partial charge < -0.3 is 14.2 Å². The van der Waals surface area contributed by atoms with Crippen LogP contribution in [0.5, 0.6) is 17.2 Å². The van der Waals surface area contributed by atoms with Gasteiger partial charge in [-0.2, -0.15) is 0 Å². The van der Waals surface area contributed by atoms with Crippen LogP contribution in [0.2, 0.25) is 5.02 Å². The zero-order valence-corrected chi connectivity index (χ0v) is 13.9. The molecule has 0 atom stereocenters. The molecule has 0 spiro atoms. The van der Waals surface area contributed by atoms with Crippen LogP contribution in [0.4, 0.5) is 0 Å². The van der Waals surface area contributed by atoms with E-state index in [-0.39, 0.29) is 0 Å². The molecule has 118 valence electrons. The molecule has 0 amide bonds. The van der Waals surface area contributed by atoms with Gasteiger partial charge in [-0.1, -0.05) is 17.7 Å². The van der Waals surface area contributed by atoms with Gasteiger partial charge in [0.25, 0.3) is 0 Å². The van der Waals surface area contributed by atoms with Gasteiger partial charge in [0.05, 0.1) is 20.3 Å². The maximum atomic E-state index is 6.08. The first-order valence-corrected chi connectivity index (χ1v) is 7.65. The molecule has 22 heavy (non-hydrogen) atoms. The Hall–Kier alpha value is -1.87. The number of methoxy groups -OCH3 is 1. The number of halogens is 1. The normalized spacial score (nSPS) is 10.4. The van der Waals surface area contributed by atoms with Crippen LogP contribution in [-0.2, 0) is 0 Å². The standard InChI is InChI=1S/C18H21ClO3/c1-13-14(2)18(9-8-17(13)19)22-11-5-10-21-16-7-4-6-15(12-16)20-3/h4,6-9,12H,5,10-11H2,1-3H3. The lowest BCUT2D eigenvalue weighted by molar-refractivity contribution is 0.246. The van der Waals surface area contributed by atoms with Crippen LogP contribution in [0.3, 0.4) is 0 Å². The average molecular weight is 321 g/mol. The van der Waals surface area contributed by atoms with Crippen LogP contribution in [0.1, 0.15) is 17.5 Å². The molecule has 0 unspecified atom stereocenters. The summed E-state index contributed by atoms with van der Waals surface area (Å²) < 4.78 is 16.6. The highest BCUT2D eigenvalue weighted by Crippen LogP contribution is 2.27. The molecule has 2 rings (SSSR count). The fourth-order valence-electron chi connectivity index (χ4n) is 2.04. The maximum absolute atomic E-state index is 6.08. The summed E-state index contributed by atoms with van der Waals surface area (Å²) in [6.45, 7) is 5.21. The Bertz CT molecular complexity index is 626. The Morgan fingerprint density at radius 1 is 0.909 bits per heavy atom. The van der Waals surface area contributed by atoms with Crippen molar-refractivity contribution in [1.82, 2.24) is 0 Å². The Labute approximate surface area is 136 Å². The van der Waals surface area contributed by atoms with Crippen molar-refractivity contribution < 1.29 is 14.2 Å². The van der Waals surface area contributed by atoms with Crippen LogP contribution < -0.4 is 14.2 Å². The molecule has 0 aliphatic carbocycles. The predicted molar refractivity (Wildman–Crippen MR) is 89.5 cm³/mol. The van der Waals surface area contributed by atoms with Crippen LogP contribution in [0.25, 0.3) is 0 Å². The molecular formula is C18H21ClO3. The van der Waals surface area contributed by atoms with Crippen molar-refractivity contribution in [2.24, 2.45) is 0 Å². The second-order valence-corrected chi connectivity index (χ2v) is 5.43. The third kappa shape index (κ3) is 4.31. The highest BCUT2D eigenvalue weighted by Gasteiger charge is 2.05. The first kappa shape index (κ1) is 16.5. The number of rotatable bonds is 7. The minimum Gasteiger partial charge on any atom is -0.497 e. The number of hydrogen-bond donors (Lipinski definition) is 0. The Morgan fingerprint density at radius 2 is 1.64 bits per heavy atom. The minimum absolute atomic E-state index is 0.596. The molecule has 0 aromatic heterocycles. The van der Waals surface area contributed by atoms with Crippen molar-refractivity contribution in [3.05, 3.63) is 52.5 Å². The summed E-state index contributed by atoms with van der Waals surface area (Å²) in [7, 11) is 1.64. The molecule has 4 heteroatoms. The summed E-state index contributed by atoms with van der Waals surface area (Å²) >= 11 is 6.08. The summed E-state index contributed by atoms with van der Waals surface area (Å²) in [4.78, 5) is 0. The lowest BCUT2D eigenvalue weighted by Crippen LogP contribution is -2.06. The lowest BCUT2D eigenvalue weighted by Gasteiger charge is -2.12. The van der Waals surface area contributed by atoms with Crippen LogP contribution >= 0.6 is 11.6 Å². The molecule has 0 N–H and O–H groups in total. The van der Waals surface area contributed by atoms with Crippen LogP contribution in [-0.4, -0.2) is 20.3 Å². The molecule has 0 saturated carbocycles. The molecule has 0 fully saturated rings. The van der Waals surface area contributed by atoms with E-state index in [1.807, 2.05) is 50.2 Å². The highest BCUT2D eigenvalue weighted by atomic mass is 35.5. The van der Waals surface area contributed by atoms with Gasteiger partial charge in [-0.25, -0.2) is 0 Å². The van der Waals surface area contributed by atoms with E-state index in [4.69, 9.17) is 25.8 Å². The van der Waals surface area contributed by atoms with Crippen molar-refractivity contribution in [3.63, 3.8) is 0 Å². The monoisotopic (exact) mass is 320 g/mol. The molecule has 0 bridgehead atoms. The molecule has 0 heterocycles. The molecule has 0 aliphatic rings. The molecule has 0 saturated heterocycles. The van der Waals surface area contributed by atoms with Crippen molar-refractivity contribution in [2.75, 3.05) is 20.3 Å². The zero-order chi connectivity index (χ0) is 15.9. The Kier molecular flexibility index (Phi) is 5.96. The summed E-state index contributed by atoms with van der Waals surface area (Å²) in [5, 5.41) is 0.770. The third-order valence-electron chi connectivity index (χ3n) is 3.53. The SMILES string of the molecule is COc1cccc(OCCCOc2ccc(Cl)c(C)c2C)c1. The van der Waals surface area contributed by atoms with E-state index in [1.165, 1.54) is 0 Å². The van der Waals surface area contributed by atoms with Gasteiger partial charge in [-0.3, -0.25) is 0 Å². The van der Waals surface area contributed by atoms with Crippen LogP contribution in [0.15, 0.2) is 36.4 Å². The largest absolute Gasteiger partial charge is 0.497 e. The van der Waals surface area contributed by atoms with E-state index in [9.17, 15) is 0 Å². The number of benzene rings is 2. The molecule has 3 nitrogen and oxygen atoms in total. The van der Waals surface area contributed by atoms with Gasteiger partial charge in [0.1, 0.15) is 17.2 Å². The number of hydrogen-bond acceptors (Lipinski definition) is 3. The van der Waals surface area contributed by atoms with Gasteiger partial charge in [-0.15, -0.1) is 0 Å². The van der Waals surface area contributed by atoms with E-state index in [0.29, 0.717) is 13.2 Å². The number of ether oxygens (including phenoxy) is 3. The predicted octanol–water partition coefficient (Wildman–Crippen LogP) is 4.81. The van der Waals surface area contributed by atoms with Gasteiger partial charge in [0.2, 0.25) is 0 Å². The van der Waals surface area contributed by atoms with E-state index < -0.39 is 0 Å². The fraction of sp³-hybridized carbons (Fsp3) is 0.333. The fourth-order valence-corrected chi connectivity index (χ4v) is 2.25. The highest BCUT2D eigenvalue weighted by molar-refractivity contribution is 6.31. The quantitative estimate of drug-likeness (QED) is 0.685. The summed E-state index contributed by atoms with van der Waals surface area (Å²) in [6.07, 6.45) is 0.804. The van der Waals surface area contributed by atoms with Crippen LogP contribution in [0, 0.1) is 13.8 Å². The second-order valence-electron chi connectivity index (χ2n) is 5.02. The van der Waals surface area contributed by atoms with Gasteiger partial charge in [-0.05, 0) is 49.2 Å². The van der Waals surface area contributed by atoms with Crippen molar-refractivity contribution in [1.29, 1.82) is 0 Å². The van der Waals surface area contributed by atoms with Gasteiger partial charge in [0.15, 0.2) is 0 Å². The van der Waals surface area contributed by atoms with E-state index in [1.54, 1.807) is 7.11 Å². The minimum atomic E-state index is 0.596. The van der Waals surface area contributed by atoms with E-state index in [0.717, 1.165) is 39.8 Å². The van der Waals surface area contributed by atoms with Crippen molar-refractivity contribution in [2.45, 2.75) is 20.3 Å². The maximum Gasteiger partial charge on any atom is 0.122 e. The third-order valence-corrected chi connectivity index (χ3v) is 3.94. The van der Waals surface area contributed by atoms with Crippen molar-refractivity contribution in [3.8, 4) is 17.2 Å². The van der Waals surface area contributed by atoms with E-state index in [2.05, 4.69) is 0 Å². The molecule has 0 radical (unpaired) electrons. The average Bonchev–Trinajstić information content (AvgIpc) is 2.54. The van der Waals surface area contributed by atoms with E-state index >= 15 is 0 Å².